The van der Waals surface area contributed by atoms with E-state index in [4.69, 9.17) is 5.73 Å². The third kappa shape index (κ3) is 4.31. The Hall–Kier alpha value is -2.88. The van der Waals surface area contributed by atoms with E-state index in [1.165, 1.54) is 0 Å². The average molecular weight is 278 g/mol. The third-order valence-corrected chi connectivity index (χ3v) is 2.93. The van der Waals surface area contributed by atoms with E-state index in [0.717, 1.165) is 22.5 Å². The van der Waals surface area contributed by atoms with E-state index < -0.39 is 0 Å². The summed E-state index contributed by atoms with van der Waals surface area (Å²) in [4.78, 5) is 7.56. The van der Waals surface area contributed by atoms with Crippen LogP contribution in [-0.4, -0.2) is 12.7 Å². The van der Waals surface area contributed by atoms with Gasteiger partial charge in [0.05, 0.1) is 0 Å². The fourth-order valence-corrected chi connectivity index (χ4v) is 1.81. The van der Waals surface area contributed by atoms with Gasteiger partial charge in [-0.1, -0.05) is 30.3 Å². The van der Waals surface area contributed by atoms with E-state index in [9.17, 15) is 0 Å². The van der Waals surface area contributed by atoms with Gasteiger partial charge in [0.15, 0.2) is 0 Å². The monoisotopic (exact) mass is 278 g/mol. The van der Waals surface area contributed by atoms with Crippen LogP contribution in [0.15, 0.2) is 70.8 Å². The number of aliphatic imine (C=N–C) groups is 2. The summed E-state index contributed by atoms with van der Waals surface area (Å²) in [6.45, 7) is 5.30. The lowest BCUT2D eigenvalue weighted by atomic mass is 10.1. The zero-order chi connectivity index (χ0) is 15.1. The standard InChI is InChI=1S/C17H18N4/c1-13(12-20-17(18)19-2)14-7-6-10-16(11-14)21-15-8-4-3-5-9-15/h3-12,21H,2H2,1H3,(H2,18,20)/b13-12+. The Morgan fingerprint density at radius 3 is 2.52 bits per heavy atom. The normalized spacial score (nSPS) is 12.0. The summed E-state index contributed by atoms with van der Waals surface area (Å²) in [6.07, 6.45) is 1.69. The smallest absolute Gasteiger partial charge is 0.219 e. The van der Waals surface area contributed by atoms with E-state index in [0.29, 0.717) is 0 Å². The van der Waals surface area contributed by atoms with E-state index in [1.807, 2.05) is 55.5 Å². The van der Waals surface area contributed by atoms with Gasteiger partial charge in [0.1, 0.15) is 0 Å². The SMILES string of the molecule is C=N/C(N)=N\C=C(/C)c1cccc(Nc2ccccc2)c1. The number of nitrogens with zero attached hydrogens (tertiary/aromatic N) is 2. The highest BCUT2D eigenvalue weighted by molar-refractivity contribution is 5.83. The number of nitrogens with one attached hydrogen (secondary N) is 1. The van der Waals surface area contributed by atoms with Gasteiger partial charge in [-0.2, -0.15) is 0 Å². The van der Waals surface area contributed by atoms with E-state index in [1.54, 1.807) is 6.20 Å². The molecule has 0 amide bonds. The van der Waals surface area contributed by atoms with Crippen molar-refractivity contribution in [2.75, 3.05) is 5.32 Å². The van der Waals surface area contributed by atoms with Crippen LogP contribution >= 0.6 is 0 Å². The van der Waals surface area contributed by atoms with Gasteiger partial charge in [-0.3, -0.25) is 0 Å². The topological polar surface area (TPSA) is 62.8 Å². The maximum atomic E-state index is 5.50. The second-order valence-electron chi connectivity index (χ2n) is 4.53. The van der Waals surface area contributed by atoms with Crippen LogP contribution in [0.3, 0.4) is 0 Å². The molecule has 2 aromatic carbocycles. The number of para-hydroxylation sites is 1. The molecule has 2 aromatic rings. The highest BCUT2D eigenvalue weighted by Gasteiger charge is 1.99. The molecule has 0 spiro atoms. The Morgan fingerprint density at radius 2 is 1.81 bits per heavy atom. The summed E-state index contributed by atoms with van der Waals surface area (Å²) >= 11 is 0. The van der Waals surface area contributed by atoms with Crippen molar-refractivity contribution in [2.45, 2.75) is 6.92 Å². The summed E-state index contributed by atoms with van der Waals surface area (Å²) in [6, 6.07) is 18.1. The predicted octanol–water partition coefficient (Wildman–Crippen LogP) is 3.81. The molecule has 0 aliphatic heterocycles. The average Bonchev–Trinajstić information content (AvgIpc) is 2.53. The summed E-state index contributed by atoms with van der Waals surface area (Å²) < 4.78 is 0. The van der Waals surface area contributed by atoms with Crippen molar-refractivity contribution in [3.05, 3.63) is 66.4 Å². The molecule has 21 heavy (non-hydrogen) atoms. The van der Waals surface area contributed by atoms with E-state index in [2.05, 4.69) is 28.1 Å². The van der Waals surface area contributed by atoms with Gasteiger partial charge in [0, 0.05) is 17.6 Å². The summed E-state index contributed by atoms with van der Waals surface area (Å²) in [5, 5.41) is 3.36. The van der Waals surface area contributed by atoms with Crippen LogP contribution in [0.25, 0.3) is 5.57 Å². The van der Waals surface area contributed by atoms with Crippen LogP contribution < -0.4 is 11.1 Å². The molecular formula is C17H18N4. The second kappa shape index (κ2) is 7.05. The Labute approximate surface area is 124 Å². The lowest BCUT2D eigenvalue weighted by molar-refractivity contribution is 1.42. The van der Waals surface area contributed by atoms with Crippen molar-refractivity contribution in [1.29, 1.82) is 0 Å². The number of allylic oxidation sites excluding steroid dienone is 1. The molecule has 0 unspecified atom stereocenters. The summed E-state index contributed by atoms with van der Waals surface area (Å²) in [5.74, 6) is 0.160. The molecule has 2 rings (SSSR count). The minimum absolute atomic E-state index is 0.160. The van der Waals surface area contributed by atoms with Crippen LogP contribution in [0.2, 0.25) is 0 Å². The third-order valence-electron chi connectivity index (χ3n) is 2.93. The van der Waals surface area contributed by atoms with Crippen molar-refractivity contribution in [1.82, 2.24) is 0 Å². The van der Waals surface area contributed by atoms with Gasteiger partial charge in [-0.15, -0.1) is 0 Å². The van der Waals surface area contributed by atoms with Crippen molar-refractivity contribution in [3.63, 3.8) is 0 Å². The molecule has 0 aliphatic rings. The van der Waals surface area contributed by atoms with Crippen LogP contribution in [-0.2, 0) is 0 Å². The summed E-state index contributed by atoms with van der Waals surface area (Å²) in [5.41, 5.74) is 9.63. The van der Waals surface area contributed by atoms with Gasteiger partial charge in [-0.05, 0) is 49.0 Å². The zero-order valence-electron chi connectivity index (χ0n) is 12.0. The van der Waals surface area contributed by atoms with Crippen LogP contribution in [0.1, 0.15) is 12.5 Å². The largest absolute Gasteiger partial charge is 0.368 e. The predicted molar refractivity (Wildman–Crippen MR) is 91.0 cm³/mol. The number of benzene rings is 2. The maximum absolute atomic E-state index is 5.50. The van der Waals surface area contributed by atoms with Gasteiger partial charge >= 0.3 is 0 Å². The molecule has 3 N–H and O–H groups in total. The van der Waals surface area contributed by atoms with Crippen LogP contribution in [0, 0.1) is 0 Å². The molecule has 0 saturated carbocycles. The van der Waals surface area contributed by atoms with E-state index in [-0.39, 0.29) is 5.96 Å². The van der Waals surface area contributed by atoms with Crippen molar-refractivity contribution in [3.8, 4) is 0 Å². The van der Waals surface area contributed by atoms with Gasteiger partial charge in [0.2, 0.25) is 5.96 Å². The summed E-state index contributed by atoms with van der Waals surface area (Å²) in [7, 11) is 0. The fourth-order valence-electron chi connectivity index (χ4n) is 1.81. The van der Waals surface area contributed by atoms with Crippen molar-refractivity contribution in [2.24, 2.45) is 15.7 Å². The molecular weight excluding hydrogens is 260 g/mol. The Morgan fingerprint density at radius 1 is 1.10 bits per heavy atom. The first kappa shape index (κ1) is 14.5. The van der Waals surface area contributed by atoms with E-state index >= 15 is 0 Å². The first-order valence-electron chi connectivity index (χ1n) is 6.58. The first-order chi connectivity index (χ1) is 10.2. The first-order valence-corrected chi connectivity index (χ1v) is 6.58. The minimum Gasteiger partial charge on any atom is -0.368 e. The molecule has 0 aromatic heterocycles. The van der Waals surface area contributed by atoms with Crippen molar-refractivity contribution < 1.29 is 0 Å². The Balaban J connectivity index is 2.19. The van der Waals surface area contributed by atoms with Crippen molar-refractivity contribution >= 4 is 29.6 Å². The lowest BCUT2D eigenvalue weighted by Gasteiger charge is -2.08. The number of rotatable bonds is 4. The molecule has 0 aliphatic carbocycles. The minimum atomic E-state index is 0.160. The molecule has 0 bridgehead atoms. The molecule has 0 saturated heterocycles. The fraction of sp³-hybridized carbons (Fsp3) is 0.0588. The molecule has 0 heterocycles. The molecule has 106 valence electrons. The lowest BCUT2D eigenvalue weighted by Crippen LogP contribution is -2.05. The highest BCUT2D eigenvalue weighted by Crippen LogP contribution is 2.21. The number of anilines is 2. The zero-order valence-corrected chi connectivity index (χ0v) is 12.0. The molecule has 4 heteroatoms. The van der Waals surface area contributed by atoms with Gasteiger partial charge in [0.25, 0.3) is 0 Å². The quantitative estimate of drug-likeness (QED) is 0.660. The number of hydrogen-bond donors (Lipinski definition) is 2. The number of nitrogens with two attached hydrogens (primary N) is 1. The number of hydrogen-bond acceptors (Lipinski definition) is 2. The molecule has 4 nitrogen and oxygen atoms in total. The highest BCUT2D eigenvalue weighted by atomic mass is 15.0. The van der Waals surface area contributed by atoms with Crippen LogP contribution in [0.5, 0.6) is 0 Å². The maximum Gasteiger partial charge on any atom is 0.219 e. The molecule has 0 atom stereocenters. The van der Waals surface area contributed by atoms with Crippen LogP contribution in [0.4, 0.5) is 11.4 Å². The Bertz CT molecular complexity index is 672. The number of guanidine groups is 1. The van der Waals surface area contributed by atoms with Gasteiger partial charge < -0.3 is 11.1 Å². The molecule has 0 fully saturated rings. The van der Waals surface area contributed by atoms with Gasteiger partial charge in [-0.25, -0.2) is 9.98 Å². The second-order valence-corrected chi connectivity index (χ2v) is 4.53. The Kier molecular flexibility index (Phi) is 4.88. The molecule has 0 radical (unpaired) electrons.